The van der Waals surface area contributed by atoms with Crippen molar-refractivity contribution in [3.05, 3.63) is 29.8 Å². The molecule has 1 saturated carbocycles. The summed E-state index contributed by atoms with van der Waals surface area (Å²) in [6.07, 6.45) is 0.519. The van der Waals surface area contributed by atoms with Crippen LogP contribution in [0.25, 0.3) is 0 Å². The molecule has 1 aliphatic carbocycles. The quantitative estimate of drug-likeness (QED) is 0.854. The van der Waals surface area contributed by atoms with Gasteiger partial charge in [0.05, 0.1) is 11.0 Å². The van der Waals surface area contributed by atoms with Gasteiger partial charge in [0.1, 0.15) is 0 Å². The van der Waals surface area contributed by atoms with Crippen molar-refractivity contribution in [3.8, 4) is 0 Å². The number of sulfonamides is 1. The van der Waals surface area contributed by atoms with Crippen molar-refractivity contribution < 1.29 is 13.5 Å². The molecule has 0 aliphatic heterocycles. The fourth-order valence-electron chi connectivity index (χ4n) is 1.91. The zero-order valence-corrected chi connectivity index (χ0v) is 11.4. The van der Waals surface area contributed by atoms with E-state index in [1.165, 1.54) is 12.1 Å². The fourth-order valence-corrected chi connectivity index (χ4v) is 3.00. The standard InChI is InChI=1S/C13H19NO3S/c1-9-7-12(9)8-14-18(16,17)13-5-3-11(4-6-13)10(2)15/h3-6,9-10,12,14-15H,7-8H2,1-2H3. The highest BCUT2D eigenvalue weighted by molar-refractivity contribution is 7.89. The van der Waals surface area contributed by atoms with Gasteiger partial charge in [-0.05, 0) is 42.9 Å². The highest BCUT2D eigenvalue weighted by Gasteiger charge is 2.33. The zero-order chi connectivity index (χ0) is 13.3. The predicted molar refractivity (Wildman–Crippen MR) is 69.5 cm³/mol. The molecule has 0 amide bonds. The second kappa shape index (κ2) is 4.99. The van der Waals surface area contributed by atoms with Gasteiger partial charge in [-0.15, -0.1) is 0 Å². The first-order valence-corrected chi connectivity index (χ1v) is 7.66. The largest absolute Gasteiger partial charge is 0.389 e. The molecule has 1 fully saturated rings. The number of benzene rings is 1. The van der Waals surface area contributed by atoms with Crippen LogP contribution in [0, 0.1) is 11.8 Å². The van der Waals surface area contributed by atoms with Crippen molar-refractivity contribution >= 4 is 10.0 Å². The third-order valence-electron chi connectivity index (χ3n) is 3.48. The molecule has 3 atom stereocenters. The highest BCUT2D eigenvalue weighted by atomic mass is 32.2. The van der Waals surface area contributed by atoms with Crippen LogP contribution in [0.4, 0.5) is 0 Å². The van der Waals surface area contributed by atoms with E-state index < -0.39 is 16.1 Å². The first-order valence-electron chi connectivity index (χ1n) is 6.18. The van der Waals surface area contributed by atoms with Crippen LogP contribution in [0.1, 0.15) is 31.9 Å². The average molecular weight is 269 g/mol. The van der Waals surface area contributed by atoms with Crippen LogP contribution in [0.5, 0.6) is 0 Å². The van der Waals surface area contributed by atoms with Crippen molar-refractivity contribution in [3.63, 3.8) is 0 Å². The van der Waals surface area contributed by atoms with Gasteiger partial charge in [-0.25, -0.2) is 13.1 Å². The molecule has 2 N–H and O–H groups in total. The Kier molecular flexibility index (Phi) is 3.75. The molecule has 18 heavy (non-hydrogen) atoms. The summed E-state index contributed by atoms with van der Waals surface area (Å²) in [6.45, 7) is 4.29. The first kappa shape index (κ1) is 13.5. The summed E-state index contributed by atoms with van der Waals surface area (Å²) in [7, 11) is -3.41. The van der Waals surface area contributed by atoms with Gasteiger partial charge in [0.15, 0.2) is 0 Å². The van der Waals surface area contributed by atoms with Crippen LogP contribution in [0.2, 0.25) is 0 Å². The topological polar surface area (TPSA) is 66.4 Å². The summed E-state index contributed by atoms with van der Waals surface area (Å²) in [6, 6.07) is 6.33. The van der Waals surface area contributed by atoms with E-state index >= 15 is 0 Å². The monoisotopic (exact) mass is 269 g/mol. The molecule has 1 aromatic rings. The van der Waals surface area contributed by atoms with Crippen LogP contribution < -0.4 is 4.72 Å². The van der Waals surface area contributed by atoms with E-state index in [0.29, 0.717) is 23.9 Å². The summed E-state index contributed by atoms with van der Waals surface area (Å²) in [4.78, 5) is 0.250. The Morgan fingerprint density at radius 3 is 2.39 bits per heavy atom. The maximum Gasteiger partial charge on any atom is 0.240 e. The third kappa shape index (κ3) is 3.10. The molecule has 4 nitrogen and oxygen atoms in total. The molecular formula is C13H19NO3S. The Balaban J connectivity index is 2.04. The molecular weight excluding hydrogens is 250 g/mol. The van der Waals surface area contributed by atoms with Gasteiger partial charge in [0, 0.05) is 6.54 Å². The number of aliphatic hydroxyl groups is 1. The van der Waals surface area contributed by atoms with Crippen molar-refractivity contribution in [2.24, 2.45) is 11.8 Å². The number of rotatable bonds is 5. The number of hydrogen-bond acceptors (Lipinski definition) is 3. The van der Waals surface area contributed by atoms with Gasteiger partial charge in [-0.1, -0.05) is 19.1 Å². The second-order valence-corrected chi connectivity index (χ2v) is 6.84. The lowest BCUT2D eigenvalue weighted by molar-refractivity contribution is 0.199. The molecule has 5 heteroatoms. The minimum absolute atomic E-state index is 0.250. The van der Waals surface area contributed by atoms with Crippen LogP contribution in [-0.2, 0) is 10.0 Å². The molecule has 100 valence electrons. The van der Waals surface area contributed by atoms with Gasteiger partial charge in [0.25, 0.3) is 0 Å². The van der Waals surface area contributed by atoms with Gasteiger partial charge < -0.3 is 5.11 Å². The van der Waals surface area contributed by atoms with Gasteiger partial charge >= 0.3 is 0 Å². The Morgan fingerprint density at radius 1 is 1.39 bits per heavy atom. The molecule has 1 aromatic carbocycles. The maximum atomic E-state index is 12.0. The summed E-state index contributed by atoms with van der Waals surface area (Å²) in [5.74, 6) is 1.11. The zero-order valence-electron chi connectivity index (χ0n) is 10.6. The Bertz CT molecular complexity index is 508. The SMILES string of the molecule is CC(O)c1ccc(S(=O)(=O)NCC2CC2C)cc1. The minimum Gasteiger partial charge on any atom is -0.389 e. The van der Waals surface area contributed by atoms with Crippen LogP contribution in [0.15, 0.2) is 29.2 Å². The lowest BCUT2D eigenvalue weighted by Gasteiger charge is -2.08. The van der Waals surface area contributed by atoms with E-state index in [4.69, 9.17) is 0 Å². The van der Waals surface area contributed by atoms with E-state index in [1.54, 1.807) is 19.1 Å². The van der Waals surface area contributed by atoms with Crippen molar-refractivity contribution in [2.45, 2.75) is 31.3 Å². The van der Waals surface area contributed by atoms with Gasteiger partial charge in [-0.3, -0.25) is 0 Å². The normalized spacial score (nSPS) is 24.8. The Labute approximate surface area is 108 Å². The number of nitrogens with one attached hydrogen (secondary N) is 1. The van der Waals surface area contributed by atoms with Crippen LogP contribution in [-0.4, -0.2) is 20.1 Å². The maximum absolute atomic E-state index is 12.0. The number of aliphatic hydroxyl groups excluding tert-OH is 1. The summed E-state index contributed by atoms with van der Waals surface area (Å²) >= 11 is 0. The molecule has 0 bridgehead atoms. The van der Waals surface area contributed by atoms with Gasteiger partial charge in [0.2, 0.25) is 10.0 Å². The molecule has 0 radical (unpaired) electrons. The average Bonchev–Trinajstić information content (AvgIpc) is 3.03. The lowest BCUT2D eigenvalue weighted by atomic mass is 10.1. The summed E-state index contributed by atoms with van der Waals surface area (Å²) in [5.41, 5.74) is 0.713. The van der Waals surface area contributed by atoms with E-state index in [1.807, 2.05) is 0 Å². The Hall–Kier alpha value is -0.910. The van der Waals surface area contributed by atoms with Crippen molar-refractivity contribution in [1.29, 1.82) is 0 Å². The summed E-state index contributed by atoms with van der Waals surface area (Å²) < 4.78 is 26.6. The smallest absolute Gasteiger partial charge is 0.240 e. The Morgan fingerprint density at radius 2 is 1.94 bits per heavy atom. The molecule has 3 unspecified atom stereocenters. The molecule has 0 spiro atoms. The molecule has 1 aliphatic rings. The van der Waals surface area contributed by atoms with Crippen molar-refractivity contribution in [1.82, 2.24) is 4.72 Å². The fraction of sp³-hybridized carbons (Fsp3) is 0.538. The second-order valence-electron chi connectivity index (χ2n) is 5.07. The van der Waals surface area contributed by atoms with E-state index in [-0.39, 0.29) is 4.90 Å². The van der Waals surface area contributed by atoms with Crippen LogP contribution >= 0.6 is 0 Å². The van der Waals surface area contributed by atoms with Crippen molar-refractivity contribution in [2.75, 3.05) is 6.54 Å². The summed E-state index contributed by atoms with van der Waals surface area (Å²) in [5, 5.41) is 9.37. The lowest BCUT2D eigenvalue weighted by Crippen LogP contribution is -2.26. The number of hydrogen-bond donors (Lipinski definition) is 2. The minimum atomic E-state index is -3.41. The molecule has 0 saturated heterocycles. The first-order chi connectivity index (χ1) is 8.40. The predicted octanol–water partition coefficient (Wildman–Crippen LogP) is 1.67. The molecule has 0 aromatic heterocycles. The van der Waals surface area contributed by atoms with E-state index in [2.05, 4.69) is 11.6 Å². The van der Waals surface area contributed by atoms with E-state index in [0.717, 1.165) is 6.42 Å². The highest BCUT2D eigenvalue weighted by Crippen LogP contribution is 2.37. The molecule has 0 heterocycles. The van der Waals surface area contributed by atoms with Gasteiger partial charge in [-0.2, -0.15) is 0 Å². The molecule has 2 rings (SSSR count). The van der Waals surface area contributed by atoms with Crippen LogP contribution in [0.3, 0.4) is 0 Å². The third-order valence-corrected chi connectivity index (χ3v) is 4.92. The van der Waals surface area contributed by atoms with E-state index in [9.17, 15) is 13.5 Å².